The van der Waals surface area contributed by atoms with Gasteiger partial charge in [0, 0.05) is 36.7 Å². The summed E-state index contributed by atoms with van der Waals surface area (Å²) in [5.41, 5.74) is 5.05. The van der Waals surface area contributed by atoms with E-state index in [9.17, 15) is 18.0 Å². The maximum Gasteiger partial charge on any atom is 0.418 e. The molecule has 3 rings (SSSR count). The Bertz CT molecular complexity index is 663. The van der Waals surface area contributed by atoms with Crippen LogP contribution in [0.3, 0.4) is 0 Å². The van der Waals surface area contributed by atoms with Crippen molar-refractivity contribution in [3.05, 3.63) is 27.7 Å². The number of halogens is 4. The molecule has 0 aromatic heterocycles. The Labute approximate surface area is 152 Å². The van der Waals surface area contributed by atoms with E-state index in [2.05, 4.69) is 15.9 Å². The number of nitrogens with zero attached hydrogens (tertiary/aromatic N) is 2. The number of hydrogen-bond acceptors (Lipinski definition) is 4. The van der Waals surface area contributed by atoms with Crippen molar-refractivity contribution in [1.29, 1.82) is 0 Å². The van der Waals surface area contributed by atoms with Crippen LogP contribution >= 0.6 is 15.9 Å². The number of carbonyl (C=O) groups is 1. The maximum atomic E-state index is 13.6. The zero-order valence-electron chi connectivity index (χ0n) is 13.5. The van der Waals surface area contributed by atoms with Crippen molar-refractivity contribution in [2.24, 2.45) is 5.73 Å². The standard InChI is InChI=1S/C16H19BrF3N3O2/c17-10-7-12(15(24)22-3-5-25-6-4-22)14(13(8-10)16(18,19)20)23-2-1-11(21)9-23/h7-8,11H,1-6,9,21H2/t11-/m1/s1. The summed E-state index contributed by atoms with van der Waals surface area (Å²) in [7, 11) is 0. The van der Waals surface area contributed by atoms with Gasteiger partial charge in [0.05, 0.1) is 30.0 Å². The fourth-order valence-electron chi connectivity index (χ4n) is 3.25. The minimum absolute atomic E-state index is 0.0534. The lowest BCUT2D eigenvalue weighted by Gasteiger charge is -2.31. The average Bonchev–Trinajstić information content (AvgIpc) is 2.99. The number of nitrogens with two attached hydrogens (primary N) is 1. The van der Waals surface area contributed by atoms with Gasteiger partial charge in [-0.05, 0) is 18.6 Å². The molecule has 2 aliphatic rings. The van der Waals surface area contributed by atoms with Crippen LogP contribution in [0.15, 0.2) is 16.6 Å². The van der Waals surface area contributed by atoms with Crippen LogP contribution in [0.25, 0.3) is 0 Å². The third-order valence-corrected chi connectivity index (χ3v) is 4.91. The average molecular weight is 422 g/mol. The molecule has 0 spiro atoms. The van der Waals surface area contributed by atoms with E-state index >= 15 is 0 Å². The van der Waals surface area contributed by atoms with E-state index in [0.29, 0.717) is 45.8 Å². The molecule has 0 saturated carbocycles. The molecule has 9 heteroatoms. The smallest absolute Gasteiger partial charge is 0.378 e. The monoisotopic (exact) mass is 421 g/mol. The van der Waals surface area contributed by atoms with Gasteiger partial charge in [-0.2, -0.15) is 13.2 Å². The van der Waals surface area contributed by atoms with E-state index in [1.807, 2.05) is 0 Å². The summed E-state index contributed by atoms with van der Waals surface area (Å²) >= 11 is 3.11. The van der Waals surface area contributed by atoms with Gasteiger partial charge in [-0.25, -0.2) is 0 Å². The van der Waals surface area contributed by atoms with E-state index in [0.717, 1.165) is 6.07 Å². The first-order chi connectivity index (χ1) is 11.8. The highest BCUT2D eigenvalue weighted by Crippen LogP contribution is 2.42. The van der Waals surface area contributed by atoms with Gasteiger partial charge < -0.3 is 20.3 Å². The second kappa shape index (κ2) is 7.13. The van der Waals surface area contributed by atoms with Crippen LogP contribution in [0.1, 0.15) is 22.3 Å². The van der Waals surface area contributed by atoms with Gasteiger partial charge in [0.2, 0.25) is 0 Å². The lowest BCUT2D eigenvalue weighted by atomic mass is 10.0. The van der Waals surface area contributed by atoms with E-state index in [-0.39, 0.29) is 21.8 Å². The maximum absolute atomic E-state index is 13.6. The van der Waals surface area contributed by atoms with Crippen molar-refractivity contribution in [2.45, 2.75) is 18.6 Å². The first-order valence-corrected chi connectivity index (χ1v) is 8.85. The summed E-state index contributed by atoms with van der Waals surface area (Å²) in [5, 5.41) is 0. The second-order valence-corrected chi connectivity index (χ2v) is 7.16. The molecule has 1 amide bonds. The number of benzene rings is 1. The van der Waals surface area contributed by atoms with Gasteiger partial charge in [-0.3, -0.25) is 4.79 Å². The van der Waals surface area contributed by atoms with Crippen molar-refractivity contribution < 1.29 is 22.7 Å². The molecule has 0 radical (unpaired) electrons. The number of amides is 1. The third-order valence-electron chi connectivity index (χ3n) is 4.45. The van der Waals surface area contributed by atoms with E-state index in [4.69, 9.17) is 10.5 Å². The number of alkyl halides is 3. The summed E-state index contributed by atoms with van der Waals surface area (Å²) in [6, 6.07) is 2.29. The SMILES string of the molecule is N[C@@H]1CCN(c2c(C(=O)N3CCOCC3)cc(Br)cc2C(F)(F)F)C1. The number of carbonyl (C=O) groups excluding carboxylic acids is 1. The van der Waals surface area contributed by atoms with Crippen molar-refractivity contribution in [3.63, 3.8) is 0 Å². The molecule has 138 valence electrons. The Morgan fingerprint density at radius 3 is 2.48 bits per heavy atom. The quantitative estimate of drug-likeness (QED) is 0.796. The summed E-state index contributed by atoms with van der Waals surface area (Å²) in [5.74, 6) is -0.412. The number of rotatable bonds is 2. The lowest BCUT2D eigenvalue weighted by Crippen LogP contribution is -2.41. The molecule has 0 unspecified atom stereocenters. The van der Waals surface area contributed by atoms with Crippen LogP contribution in [0.4, 0.5) is 18.9 Å². The highest BCUT2D eigenvalue weighted by atomic mass is 79.9. The molecule has 2 aliphatic heterocycles. The van der Waals surface area contributed by atoms with Crippen LogP contribution in [-0.2, 0) is 10.9 Å². The molecule has 2 saturated heterocycles. The summed E-state index contributed by atoms with van der Waals surface area (Å²) in [6.45, 7) is 2.20. The minimum atomic E-state index is -4.56. The highest BCUT2D eigenvalue weighted by molar-refractivity contribution is 9.10. The molecule has 5 nitrogen and oxygen atoms in total. The third kappa shape index (κ3) is 3.93. The minimum Gasteiger partial charge on any atom is -0.378 e. The highest BCUT2D eigenvalue weighted by Gasteiger charge is 2.39. The first kappa shape index (κ1) is 18.5. The Kier molecular flexibility index (Phi) is 5.26. The van der Waals surface area contributed by atoms with E-state index in [1.165, 1.54) is 11.0 Å². The van der Waals surface area contributed by atoms with E-state index < -0.39 is 17.6 Å². The molecule has 0 aliphatic carbocycles. The molecule has 2 N–H and O–H groups in total. The number of anilines is 1. The second-order valence-electron chi connectivity index (χ2n) is 6.25. The van der Waals surface area contributed by atoms with Crippen molar-refractivity contribution in [3.8, 4) is 0 Å². The lowest BCUT2D eigenvalue weighted by molar-refractivity contribution is -0.137. The van der Waals surface area contributed by atoms with Crippen LogP contribution < -0.4 is 10.6 Å². The first-order valence-electron chi connectivity index (χ1n) is 8.05. The number of ether oxygens (including phenoxy) is 1. The molecule has 0 bridgehead atoms. The predicted molar refractivity (Wildman–Crippen MR) is 90.7 cm³/mol. The number of hydrogen-bond donors (Lipinski definition) is 1. The Morgan fingerprint density at radius 1 is 1.24 bits per heavy atom. The molecule has 1 aromatic carbocycles. The van der Waals surface area contributed by atoms with Crippen molar-refractivity contribution in [2.75, 3.05) is 44.3 Å². The molecule has 2 fully saturated rings. The molecular weight excluding hydrogens is 403 g/mol. The van der Waals surface area contributed by atoms with Gasteiger partial charge in [-0.15, -0.1) is 0 Å². The Hall–Kier alpha value is -1.32. The Morgan fingerprint density at radius 2 is 1.92 bits per heavy atom. The molecule has 1 aromatic rings. The Balaban J connectivity index is 2.09. The zero-order chi connectivity index (χ0) is 18.2. The fraction of sp³-hybridized carbons (Fsp3) is 0.562. The molecule has 2 heterocycles. The van der Waals surface area contributed by atoms with E-state index in [1.54, 1.807) is 4.90 Å². The molecule has 1 atom stereocenters. The topological polar surface area (TPSA) is 58.8 Å². The van der Waals surface area contributed by atoms with Gasteiger partial charge in [-0.1, -0.05) is 15.9 Å². The van der Waals surface area contributed by atoms with Crippen LogP contribution in [0.2, 0.25) is 0 Å². The molecular formula is C16H19BrF3N3O2. The fourth-order valence-corrected chi connectivity index (χ4v) is 3.70. The van der Waals surface area contributed by atoms with Crippen LogP contribution in [0, 0.1) is 0 Å². The summed E-state index contributed by atoms with van der Waals surface area (Å²) < 4.78 is 46.4. The van der Waals surface area contributed by atoms with Crippen molar-refractivity contribution in [1.82, 2.24) is 4.90 Å². The summed E-state index contributed by atoms with van der Waals surface area (Å²) in [6.07, 6.45) is -3.97. The normalized spacial score (nSPS) is 21.7. The number of morpholine rings is 1. The van der Waals surface area contributed by atoms with Crippen LogP contribution in [-0.4, -0.2) is 56.2 Å². The van der Waals surface area contributed by atoms with Gasteiger partial charge in [0.25, 0.3) is 5.91 Å². The van der Waals surface area contributed by atoms with Gasteiger partial charge in [0.15, 0.2) is 0 Å². The van der Waals surface area contributed by atoms with Crippen LogP contribution in [0.5, 0.6) is 0 Å². The summed E-state index contributed by atoms with van der Waals surface area (Å²) in [4.78, 5) is 16.0. The van der Waals surface area contributed by atoms with Gasteiger partial charge >= 0.3 is 6.18 Å². The zero-order valence-corrected chi connectivity index (χ0v) is 15.1. The largest absolute Gasteiger partial charge is 0.418 e. The molecule has 25 heavy (non-hydrogen) atoms. The van der Waals surface area contributed by atoms with Crippen molar-refractivity contribution >= 4 is 27.5 Å². The predicted octanol–water partition coefficient (Wildman–Crippen LogP) is 2.48. The van der Waals surface area contributed by atoms with Gasteiger partial charge in [0.1, 0.15) is 0 Å².